The zero-order valence-electron chi connectivity index (χ0n) is 11.6. The molecule has 22 heavy (non-hydrogen) atoms. The zero-order chi connectivity index (χ0) is 15.2. The molecule has 1 atom stereocenters. The number of quaternary nitrogens is 1. The zero-order valence-corrected chi connectivity index (χ0v) is 11.6. The largest absolute Gasteiger partial charge is 0.477 e. The van der Waals surface area contributed by atoms with Gasteiger partial charge in [-0.1, -0.05) is 6.58 Å². The van der Waals surface area contributed by atoms with Crippen molar-refractivity contribution in [3.05, 3.63) is 12.7 Å². The number of carboxylic acids is 4. The van der Waals surface area contributed by atoms with E-state index in [0.29, 0.717) is 0 Å². The molecule has 11 N–H and O–H groups in total. The van der Waals surface area contributed by atoms with E-state index in [0.717, 1.165) is 6.08 Å². The van der Waals surface area contributed by atoms with Crippen LogP contribution in [0.25, 0.3) is 0 Å². The van der Waals surface area contributed by atoms with Crippen molar-refractivity contribution in [1.29, 1.82) is 0 Å². The fourth-order valence-corrected chi connectivity index (χ4v) is 1.83. The molecule has 0 aliphatic heterocycles. The lowest BCUT2D eigenvalue weighted by atomic mass is 10.1. The standard InChI is InChI=1S/C10H13NO8.H3N.2H2O/c1-2-6(10(18)19)11(3-7(12)13,4-8(14)15)5-9(16)17;;;/h2,6H,1,3-5H2,(H3-,12,13,14,15,16,17,18,19);1H3;2*1H2/p+1. The molecule has 130 valence electrons. The predicted molar refractivity (Wildman–Crippen MR) is 71.6 cm³/mol. The van der Waals surface area contributed by atoms with Crippen LogP contribution in [0, 0.1) is 0 Å². The second-order valence-corrected chi connectivity index (χ2v) is 3.89. The Morgan fingerprint density at radius 2 is 1.14 bits per heavy atom. The monoisotopic (exact) mass is 329 g/mol. The topological polar surface area (TPSA) is 247 Å². The third-order valence-electron chi connectivity index (χ3n) is 2.42. The molecule has 0 heterocycles. The molecule has 0 amide bonds. The molecule has 0 saturated heterocycles. The second-order valence-electron chi connectivity index (χ2n) is 3.89. The Bertz CT molecular complexity index is 381. The van der Waals surface area contributed by atoms with E-state index in [2.05, 4.69) is 6.58 Å². The molecule has 0 aliphatic rings. The highest BCUT2D eigenvalue weighted by atomic mass is 16.4. The lowest BCUT2D eigenvalue weighted by Gasteiger charge is -2.37. The van der Waals surface area contributed by atoms with Crippen LogP contribution >= 0.6 is 0 Å². The maximum Gasteiger partial charge on any atom is 0.366 e. The third-order valence-corrected chi connectivity index (χ3v) is 2.42. The normalized spacial score (nSPS) is 10.7. The summed E-state index contributed by atoms with van der Waals surface area (Å²) in [5.41, 5.74) is 0. The van der Waals surface area contributed by atoms with E-state index >= 15 is 0 Å². The predicted octanol–water partition coefficient (Wildman–Crippen LogP) is -2.79. The molecular weight excluding hydrogens is 308 g/mol. The van der Waals surface area contributed by atoms with Crippen LogP contribution in [0.1, 0.15) is 0 Å². The summed E-state index contributed by atoms with van der Waals surface area (Å²) < 4.78 is -1.18. The van der Waals surface area contributed by atoms with E-state index in [1.54, 1.807) is 0 Å². The molecule has 12 heteroatoms. The molecule has 0 fully saturated rings. The molecule has 1 unspecified atom stereocenters. The van der Waals surface area contributed by atoms with Gasteiger partial charge in [-0.2, -0.15) is 0 Å². The lowest BCUT2D eigenvalue weighted by molar-refractivity contribution is -0.917. The van der Waals surface area contributed by atoms with Gasteiger partial charge < -0.3 is 37.5 Å². The molecule has 0 aromatic heterocycles. The van der Waals surface area contributed by atoms with Crippen molar-refractivity contribution in [2.45, 2.75) is 6.04 Å². The molecule has 12 nitrogen and oxygen atoms in total. The van der Waals surface area contributed by atoms with Crippen LogP contribution < -0.4 is 6.15 Å². The van der Waals surface area contributed by atoms with Gasteiger partial charge >= 0.3 is 23.9 Å². The van der Waals surface area contributed by atoms with Gasteiger partial charge in [0.2, 0.25) is 6.04 Å². The lowest BCUT2D eigenvalue weighted by Crippen LogP contribution is -2.63. The minimum atomic E-state index is -1.65. The van der Waals surface area contributed by atoms with Crippen LogP contribution in [0.4, 0.5) is 0 Å². The Balaban J connectivity index is -0.000000540. The van der Waals surface area contributed by atoms with Crippen LogP contribution in [0.3, 0.4) is 0 Å². The van der Waals surface area contributed by atoms with Gasteiger partial charge in [0.15, 0.2) is 19.6 Å². The van der Waals surface area contributed by atoms with Crippen molar-refractivity contribution in [1.82, 2.24) is 6.15 Å². The summed E-state index contributed by atoms with van der Waals surface area (Å²) >= 11 is 0. The van der Waals surface area contributed by atoms with E-state index < -0.39 is 54.0 Å². The maximum atomic E-state index is 11.1. The highest BCUT2D eigenvalue weighted by Crippen LogP contribution is 2.16. The summed E-state index contributed by atoms with van der Waals surface area (Å²) in [6, 6.07) is -1.65. The van der Waals surface area contributed by atoms with Crippen molar-refractivity contribution < 1.29 is 55.0 Å². The average molecular weight is 329 g/mol. The fourth-order valence-electron chi connectivity index (χ4n) is 1.83. The Kier molecular flexibility index (Phi) is 14.1. The highest BCUT2D eigenvalue weighted by Gasteiger charge is 2.45. The van der Waals surface area contributed by atoms with Crippen molar-refractivity contribution in [3.8, 4) is 0 Å². The van der Waals surface area contributed by atoms with Crippen LogP contribution in [-0.4, -0.2) is 85.4 Å². The first-order chi connectivity index (χ1) is 8.64. The maximum absolute atomic E-state index is 11.1. The Morgan fingerprint density at radius 1 is 0.864 bits per heavy atom. The number of hydrogen-bond acceptors (Lipinski definition) is 5. The summed E-state index contributed by atoms with van der Waals surface area (Å²) in [6.07, 6.45) is 0.831. The number of carbonyl (C=O) groups is 4. The molecular formula is C10H21N2O10+. The molecule has 0 bridgehead atoms. The number of hydrogen-bond donors (Lipinski definition) is 5. The Hall–Kier alpha value is -2.54. The Labute approximate surface area is 124 Å². The van der Waals surface area contributed by atoms with E-state index in [1.165, 1.54) is 0 Å². The summed E-state index contributed by atoms with van der Waals surface area (Å²) in [5.74, 6) is -6.06. The van der Waals surface area contributed by atoms with Gasteiger partial charge in [0.1, 0.15) is 0 Å². The van der Waals surface area contributed by atoms with Crippen LogP contribution in [0.2, 0.25) is 0 Å². The summed E-state index contributed by atoms with van der Waals surface area (Å²) in [5, 5.41) is 35.3. The quantitative estimate of drug-likeness (QED) is 0.216. The van der Waals surface area contributed by atoms with Gasteiger partial charge in [0.05, 0.1) is 0 Å². The van der Waals surface area contributed by atoms with Crippen molar-refractivity contribution in [3.63, 3.8) is 0 Å². The smallest absolute Gasteiger partial charge is 0.366 e. The van der Waals surface area contributed by atoms with E-state index in [1.807, 2.05) is 0 Å². The van der Waals surface area contributed by atoms with Crippen LogP contribution in [0.15, 0.2) is 12.7 Å². The van der Waals surface area contributed by atoms with Crippen molar-refractivity contribution >= 4 is 23.9 Å². The van der Waals surface area contributed by atoms with Gasteiger partial charge in [-0.05, 0) is 6.08 Å². The molecule has 0 saturated carbocycles. The second kappa shape index (κ2) is 11.2. The minimum Gasteiger partial charge on any atom is -0.477 e. The first-order valence-corrected chi connectivity index (χ1v) is 5.01. The van der Waals surface area contributed by atoms with Crippen molar-refractivity contribution in [2.75, 3.05) is 19.6 Å². The van der Waals surface area contributed by atoms with Gasteiger partial charge in [-0.15, -0.1) is 0 Å². The highest BCUT2D eigenvalue weighted by molar-refractivity contribution is 5.78. The fraction of sp³-hybridized carbons (Fsp3) is 0.400. The summed E-state index contributed by atoms with van der Waals surface area (Å²) in [4.78, 5) is 43.4. The van der Waals surface area contributed by atoms with E-state index in [4.69, 9.17) is 20.4 Å². The number of aliphatic carboxylic acids is 4. The average Bonchev–Trinajstić information content (AvgIpc) is 2.12. The van der Waals surface area contributed by atoms with Crippen LogP contribution in [-0.2, 0) is 19.2 Å². The molecule has 0 radical (unpaired) electrons. The van der Waals surface area contributed by atoms with Gasteiger partial charge in [-0.25, -0.2) is 19.2 Å². The third kappa shape index (κ3) is 7.91. The Morgan fingerprint density at radius 3 is 1.27 bits per heavy atom. The number of nitrogens with zero attached hydrogens (tertiary/aromatic N) is 1. The number of rotatable bonds is 9. The van der Waals surface area contributed by atoms with Gasteiger partial charge in [0.25, 0.3) is 0 Å². The van der Waals surface area contributed by atoms with Gasteiger partial charge in [-0.3, -0.25) is 4.48 Å². The number of carboxylic acid groups (broad SMARTS) is 4. The molecule has 0 aromatic rings. The molecule has 0 aromatic carbocycles. The van der Waals surface area contributed by atoms with Crippen molar-refractivity contribution in [2.24, 2.45) is 0 Å². The minimum absolute atomic E-state index is 0. The molecule has 0 spiro atoms. The molecule has 0 aliphatic carbocycles. The molecule has 0 rings (SSSR count). The first-order valence-electron chi connectivity index (χ1n) is 5.01. The van der Waals surface area contributed by atoms with E-state index in [-0.39, 0.29) is 17.1 Å². The van der Waals surface area contributed by atoms with Gasteiger partial charge in [0, 0.05) is 0 Å². The van der Waals surface area contributed by atoms with Crippen LogP contribution in [0.5, 0.6) is 0 Å². The SMILES string of the molecule is C=CC(C(=O)O)[N+](CC(=O)O)(CC(=O)O)CC(=O)O.N.O.O. The van der Waals surface area contributed by atoms with E-state index in [9.17, 15) is 19.2 Å². The first kappa shape index (κ1) is 27.7. The summed E-state index contributed by atoms with van der Waals surface area (Å²) in [7, 11) is 0. The summed E-state index contributed by atoms with van der Waals surface area (Å²) in [6.45, 7) is 0.325.